The molecule has 1 atom stereocenters. The van der Waals surface area contributed by atoms with Gasteiger partial charge in [-0.2, -0.15) is 0 Å². The Morgan fingerprint density at radius 3 is 2.50 bits per heavy atom. The van der Waals surface area contributed by atoms with E-state index in [2.05, 4.69) is 18.9 Å². The second kappa shape index (κ2) is 3.44. The second-order valence-corrected chi connectivity index (χ2v) is 4.51. The summed E-state index contributed by atoms with van der Waals surface area (Å²) in [4.78, 5) is 2.18. The first-order valence-electron chi connectivity index (χ1n) is 4.70. The summed E-state index contributed by atoms with van der Waals surface area (Å²) in [7, 11) is 2.07. The molecule has 1 aliphatic rings. The maximum atomic E-state index is 5.82. The molecule has 1 saturated heterocycles. The van der Waals surface area contributed by atoms with E-state index in [1.165, 1.54) is 5.69 Å². The summed E-state index contributed by atoms with van der Waals surface area (Å²) >= 11 is 5.82. The summed E-state index contributed by atoms with van der Waals surface area (Å²) in [5.41, 5.74) is 1.24. The maximum Gasteiger partial charge on any atom is 0.106 e. The van der Waals surface area contributed by atoms with Crippen molar-refractivity contribution in [2.24, 2.45) is 0 Å². The molecule has 3 heteroatoms. The molecular weight excluding hydrogens is 198 g/mol. The van der Waals surface area contributed by atoms with E-state index in [-0.39, 0.29) is 5.60 Å². The van der Waals surface area contributed by atoms with Gasteiger partial charge >= 0.3 is 0 Å². The molecule has 1 aromatic carbocycles. The van der Waals surface area contributed by atoms with Crippen LogP contribution in [0, 0.1) is 0 Å². The number of benzene rings is 1. The van der Waals surface area contributed by atoms with E-state index < -0.39 is 0 Å². The molecule has 0 radical (unpaired) electrons. The Hall–Kier alpha value is -0.730. The first kappa shape index (κ1) is 9.81. The number of rotatable bonds is 3. The van der Waals surface area contributed by atoms with Crippen LogP contribution in [0.3, 0.4) is 0 Å². The van der Waals surface area contributed by atoms with Gasteiger partial charge in [-0.25, -0.2) is 0 Å². The Morgan fingerprint density at radius 1 is 1.43 bits per heavy atom. The number of nitrogens with zero attached hydrogens (tertiary/aromatic N) is 1. The van der Waals surface area contributed by atoms with E-state index in [0.29, 0.717) is 0 Å². The third-order valence-corrected chi connectivity index (χ3v) is 2.73. The topological polar surface area (TPSA) is 15.8 Å². The van der Waals surface area contributed by atoms with Gasteiger partial charge in [-0.05, 0) is 31.2 Å². The molecule has 2 nitrogen and oxygen atoms in total. The van der Waals surface area contributed by atoms with Gasteiger partial charge in [0.2, 0.25) is 0 Å². The lowest BCUT2D eigenvalue weighted by Gasteiger charge is -2.21. The van der Waals surface area contributed by atoms with Gasteiger partial charge in [0.15, 0.2) is 0 Å². The van der Waals surface area contributed by atoms with Gasteiger partial charge in [-0.1, -0.05) is 11.6 Å². The lowest BCUT2D eigenvalue weighted by atomic mass is 10.2. The Morgan fingerprint density at radius 2 is 2.00 bits per heavy atom. The molecule has 0 spiro atoms. The van der Waals surface area contributed by atoms with E-state index in [4.69, 9.17) is 16.3 Å². The lowest BCUT2D eigenvalue weighted by molar-refractivity contribution is 0.327. The third kappa shape index (κ3) is 2.20. The van der Waals surface area contributed by atoms with Gasteiger partial charge in [-0.15, -0.1) is 0 Å². The summed E-state index contributed by atoms with van der Waals surface area (Å²) in [6.07, 6.45) is 0. The number of likely N-dealkylation sites (N-methyl/N-ethyl adjacent to an activating group) is 1. The molecule has 1 heterocycles. The number of ether oxygens (including phenoxy) is 1. The standard InChI is InChI=1S/C11H14ClNO/c1-11(8-14-11)7-13(2)10-5-3-9(12)4-6-10/h3-6H,7-8H2,1-2H3. The van der Waals surface area contributed by atoms with Crippen molar-refractivity contribution in [2.45, 2.75) is 12.5 Å². The minimum absolute atomic E-state index is 0.0639. The fraction of sp³-hybridized carbons (Fsp3) is 0.455. The van der Waals surface area contributed by atoms with Crippen molar-refractivity contribution in [3.8, 4) is 0 Å². The zero-order valence-electron chi connectivity index (χ0n) is 8.46. The average molecular weight is 212 g/mol. The minimum Gasteiger partial charge on any atom is -0.372 e. The molecule has 76 valence electrons. The quantitative estimate of drug-likeness (QED) is 0.715. The number of halogens is 1. The van der Waals surface area contributed by atoms with Crippen molar-refractivity contribution in [2.75, 3.05) is 25.1 Å². The number of epoxide rings is 1. The van der Waals surface area contributed by atoms with Crippen LogP contribution in [0.15, 0.2) is 24.3 Å². The van der Waals surface area contributed by atoms with Gasteiger partial charge in [0.25, 0.3) is 0 Å². The van der Waals surface area contributed by atoms with E-state index in [9.17, 15) is 0 Å². The number of anilines is 1. The zero-order chi connectivity index (χ0) is 10.2. The molecule has 0 saturated carbocycles. The minimum atomic E-state index is 0.0639. The Labute approximate surface area is 89.4 Å². The van der Waals surface area contributed by atoms with E-state index in [1.807, 2.05) is 24.3 Å². The maximum absolute atomic E-state index is 5.82. The van der Waals surface area contributed by atoms with Crippen molar-refractivity contribution in [3.05, 3.63) is 29.3 Å². The average Bonchev–Trinajstić information content (AvgIpc) is 2.84. The van der Waals surface area contributed by atoms with Gasteiger partial charge in [0, 0.05) is 24.3 Å². The summed E-state index contributed by atoms with van der Waals surface area (Å²) in [5.74, 6) is 0. The molecule has 0 bridgehead atoms. The SMILES string of the molecule is CN(CC1(C)CO1)c1ccc(Cl)cc1. The van der Waals surface area contributed by atoms with Crippen LogP contribution < -0.4 is 4.90 Å². The Balaban J connectivity index is 2.03. The first-order chi connectivity index (χ1) is 6.59. The largest absolute Gasteiger partial charge is 0.372 e. The van der Waals surface area contributed by atoms with Crippen LogP contribution in [-0.4, -0.2) is 25.8 Å². The monoisotopic (exact) mass is 211 g/mol. The highest BCUT2D eigenvalue weighted by molar-refractivity contribution is 6.30. The van der Waals surface area contributed by atoms with Crippen molar-refractivity contribution >= 4 is 17.3 Å². The van der Waals surface area contributed by atoms with E-state index in [1.54, 1.807) is 0 Å². The zero-order valence-corrected chi connectivity index (χ0v) is 9.21. The highest BCUT2D eigenvalue weighted by atomic mass is 35.5. The molecule has 1 aliphatic heterocycles. The summed E-state index contributed by atoms with van der Waals surface area (Å²) in [5, 5.41) is 0.774. The van der Waals surface area contributed by atoms with Gasteiger partial charge in [-0.3, -0.25) is 0 Å². The molecule has 14 heavy (non-hydrogen) atoms. The predicted molar refractivity (Wildman–Crippen MR) is 59.1 cm³/mol. The van der Waals surface area contributed by atoms with Crippen LogP contribution in [-0.2, 0) is 4.74 Å². The fourth-order valence-electron chi connectivity index (χ4n) is 1.50. The second-order valence-electron chi connectivity index (χ2n) is 4.07. The predicted octanol–water partition coefficient (Wildman–Crippen LogP) is 2.57. The number of hydrogen-bond donors (Lipinski definition) is 0. The fourth-order valence-corrected chi connectivity index (χ4v) is 1.63. The molecule has 1 fully saturated rings. The summed E-state index contributed by atoms with van der Waals surface area (Å²) in [6, 6.07) is 7.86. The molecule has 0 N–H and O–H groups in total. The van der Waals surface area contributed by atoms with Crippen molar-refractivity contribution in [1.82, 2.24) is 0 Å². The van der Waals surface area contributed by atoms with Crippen molar-refractivity contribution in [3.63, 3.8) is 0 Å². The van der Waals surface area contributed by atoms with Gasteiger partial charge in [0.1, 0.15) is 5.60 Å². The van der Waals surface area contributed by atoms with Crippen LogP contribution in [0.4, 0.5) is 5.69 Å². The van der Waals surface area contributed by atoms with Gasteiger partial charge < -0.3 is 9.64 Å². The Kier molecular flexibility index (Phi) is 2.41. The molecule has 2 rings (SSSR count). The lowest BCUT2D eigenvalue weighted by Crippen LogP contribution is -2.29. The molecule has 1 aromatic rings. The molecule has 0 aliphatic carbocycles. The molecular formula is C11H14ClNO. The molecule has 1 unspecified atom stereocenters. The highest BCUT2D eigenvalue weighted by Crippen LogP contribution is 2.28. The molecule has 0 aromatic heterocycles. The van der Waals surface area contributed by atoms with E-state index >= 15 is 0 Å². The van der Waals surface area contributed by atoms with Crippen molar-refractivity contribution < 1.29 is 4.74 Å². The van der Waals surface area contributed by atoms with Crippen LogP contribution in [0.2, 0.25) is 5.02 Å². The van der Waals surface area contributed by atoms with Crippen LogP contribution in [0.1, 0.15) is 6.92 Å². The van der Waals surface area contributed by atoms with Gasteiger partial charge in [0.05, 0.1) is 6.61 Å². The van der Waals surface area contributed by atoms with Crippen molar-refractivity contribution in [1.29, 1.82) is 0 Å². The summed E-state index contributed by atoms with van der Waals surface area (Å²) in [6.45, 7) is 3.92. The summed E-state index contributed by atoms with van der Waals surface area (Å²) < 4.78 is 5.34. The number of hydrogen-bond acceptors (Lipinski definition) is 2. The van der Waals surface area contributed by atoms with E-state index in [0.717, 1.165) is 18.2 Å². The third-order valence-electron chi connectivity index (χ3n) is 2.48. The normalized spacial score (nSPS) is 24.8. The van der Waals surface area contributed by atoms with Crippen LogP contribution in [0.25, 0.3) is 0 Å². The first-order valence-corrected chi connectivity index (χ1v) is 5.08. The Bertz CT molecular complexity index is 319. The highest BCUT2D eigenvalue weighted by Gasteiger charge is 2.40. The smallest absolute Gasteiger partial charge is 0.106 e. The van der Waals surface area contributed by atoms with Crippen LogP contribution >= 0.6 is 11.6 Å². The molecule has 0 amide bonds. The van der Waals surface area contributed by atoms with Crippen LogP contribution in [0.5, 0.6) is 0 Å².